The second kappa shape index (κ2) is 9.00. The van der Waals surface area contributed by atoms with Crippen molar-refractivity contribution in [3.05, 3.63) is 29.8 Å². The summed E-state index contributed by atoms with van der Waals surface area (Å²) in [6.07, 6.45) is 1.18. The van der Waals surface area contributed by atoms with Crippen LogP contribution in [-0.4, -0.2) is 45.4 Å². The summed E-state index contributed by atoms with van der Waals surface area (Å²) < 4.78 is 25.3. The minimum Gasteiger partial charge on any atom is -0.357 e. The zero-order chi connectivity index (χ0) is 17.0. The highest BCUT2D eigenvalue weighted by Gasteiger charge is 2.33. The van der Waals surface area contributed by atoms with E-state index in [0.717, 1.165) is 18.1 Å². The lowest BCUT2D eigenvalue weighted by Crippen LogP contribution is -2.39. The molecule has 0 saturated heterocycles. The molecule has 8 heteroatoms. The molecule has 0 aromatic heterocycles. The lowest BCUT2D eigenvalue weighted by molar-refractivity contribution is 0.520. The van der Waals surface area contributed by atoms with Crippen LogP contribution >= 0.6 is 24.0 Å². The minimum atomic E-state index is -3.37. The molecule has 1 fully saturated rings. The maximum Gasteiger partial charge on any atom is 0.242 e. The molecular formula is C16H27IN4O2S. The van der Waals surface area contributed by atoms with Crippen molar-refractivity contribution in [2.45, 2.75) is 37.8 Å². The van der Waals surface area contributed by atoms with Gasteiger partial charge in [0.25, 0.3) is 0 Å². The van der Waals surface area contributed by atoms with Crippen LogP contribution in [0.2, 0.25) is 0 Å². The predicted molar refractivity (Wildman–Crippen MR) is 108 cm³/mol. The zero-order valence-corrected chi connectivity index (χ0v) is 17.8. The van der Waals surface area contributed by atoms with E-state index in [-0.39, 0.29) is 24.0 Å². The summed E-state index contributed by atoms with van der Waals surface area (Å²) in [6.45, 7) is 5.57. The molecule has 2 atom stereocenters. The second-order valence-corrected chi connectivity index (χ2v) is 8.24. The third kappa shape index (κ3) is 5.59. The van der Waals surface area contributed by atoms with Crippen LogP contribution in [0.4, 0.5) is 0 Å². The molecule has 1 aromatic rings. The van der Waals surface area contributed by atoms with E-state index in [1.165, 1.54) is 24.8 Å². The first-order valence-corrected chi connectivity index (χ1v) is 9.35. The summed E-state index contributed by atoms with van der Waals surface area (Å²) in [6, 6.07) is 7.39. The van der Waals surface area contributed by atoms with Gasteiger partial charge in [-0.1, -0.05) is 19.1 Å². The predicted octanol–water partition coefficient (Wildman–Crippen LogP) is 2.02. The molecule has 2 unspecified atom stereocenters. The molecule has 2 N–H and O–H groups in total. The molecule has 0 aliphatic heterocycles. The van der Waals surface area contributed by atoms with Crippen LogP contribution in [0.1, 0.15) is 25.8 Å². The van der Waals surface area contributed by atoms with Crippen LogP contribution in [0.15, 0.2) is 34.2 Å². The van der Waals surface area contributed by atoms with Gasteiger partial charge in [-0.25, -0.2) is 17.7 Å². The smallest absolute Gasteiger partial charge is 0.242 e. The molecule has 0 amide bonds. The summed E-state index contributed by atoms with van der Waals surface area (Å²) in [7, 11) is -0.317. The van der Waals surface area contributed by atoms with Crippen LogP contribution in [0.5, 0.6) is 0 Å². The second-order valence-electron chi connectivity index (χ2n) is 6.09. The largest absolute Gasteiger partial charge is 0.357 e. The average Bonchev–Trinajstić information content (AvgIpc) is 3.20. The Labute approximate surface area is 162 Å². The van der Waals surface area contributed by atoms with Gasteiger partial charge in [-0.3, -0.25) is 0 Å². The Kier molecular flexibility index (Phi) is 7.94. The molecule has 1 saturated carbocycles. The number of rotatable bonds is 6. The monoisotopic (exact) mass is 466 g/mol. The number of nitrogens with one attached hydrogen (secondary N) is 2. The fourth-order valence-electron chi connectivity index (χ4n) is 2.17. The van der Waals surface area contributed by atoms with Gasteiger partial charge in [-0.15, -0.1) is 24.0 Å². The number of hydrogen-bond donors (Lipinski definition) is 2. The van der Waals surface area contributed by atoms with E-state index in [0.29, 0.717) is 23.4 Å². The first kappa shape index (κ1) is 21.2. The van der Waals surface area contributed by atoms with E-state index in [1.807, 2.05) is 19.1 Å². The SMILES string of the molecule is CCNC(=NCc1ccc(S(=O)(=O)N(C)C)cc1)NC1CC1C.I. The molecule has 0 bridgehead atoms. The summed E-state index contributed by atoms with van der Waals surface area (Å²) in [5.41, 5.74) is 0.976. The third-order valence-corrected chi connectivity index (χ3v) is 5.73. The first-order chi connectivity index (χ1) is 10.8. The molecule has 136 valence electrons. The average molecular weight is 466 g/mol. The van der Waals surface area contributed by atoms with Crippen molar-refractivity contribution >= 4 is 40.0 Å². The normalized spacial score (nSPS) is 20.5. The highest BCUT2D eigenvalue weighted by atomic mass is 127. The number of guanidine groups is 1. The fourth-order valence-corrected chi connectivity index (χ4v) is 3.07. The molecule has 24 heavy (non-hydrogen) atoms. The van der Waals surface area contributed by atoms with Gasteiger partial charge in [0, 0.05) is 26.7 Å². The summed E-state index contributed by atoms with van der Waals surface area (Å²) in [5.74, 6) is 1.52. The lowest BCUT2D eigenvalue weighted by Gasteiger charge is -2.12. The van der Waals surface area contributed by atoms with Crippen molar-refractivity contribution in [2.75, 3.05) is 20.6 Å². The lowest BCUT2D eigenvalue weighted by atomic mass is 10.2. The number of sulfonamides is 1. The molecule has 1 aromatic carbocycles. The van der Waals surface area contributed by atoms with Gasteiger partial charge in [0.1, 0.15) is 0 Å². The maximum atomic E-state index is 12.0. The van der Waals surface area contributed by atoms with Crippen LogP contribution in [0.25, 0.3) is 0 Å². The summed E-state index contributed by atoms with van der Waals surface area (Å²) in [4.78, 5) is 4.86. The van der Waals surface area contributed by atoms with Gasteiger partial charge < -0.3 is 10.6 Å². The van der Waals surface area contributed by atoms with E-state index in [4.69, 9.17) is 0 Å². The maximum absolute atomic E-state index is 12.0. The third-order valence-electron chi connectivity index (χ3n) is 3.90. The van der Waals surface area contributed by atoms with Crippen molar-refractivity contribution in [2.24, 2.45) is 10.9 Å². The van der Waals surface area contributed by atoms with E-state index in [1.54, 1.807) is 12.1 Å². The molecule has 1 aliphatic rings. The van der Waals surface area contributed by atoms with E-state index < -0.39 is 10.0 Å². The van der Waals surface area contributed by atoms with Crippen LogP contribution in [0.3, 0.4) is 0 Å². The number of halogens is 1. The van der Waals surface area contributed by atoms with Gasteiger partial charge >= 0.3 is 0 Å². The van der Waals surface area contributed by atoms with Crippen LogP contribution in [0, 0.1) is 5.92 Å². The molecule has 0 heterocycles. The first-order valence-electron chi connectivity index (χ1n) is 7.91. The minimum absolute atomic E-state index is 0. The van der Waals surface area contributed by atoms with Gasteiger partial charge in [0.15, 0.2) is 5.96 Å². The van der Waals surface area contributed by atoms with Crippen molar-refractivity contribution in [3.8, 4) is 0 Å². The standard InChI is InChI=1S/C16H26N4O2S.HI/c1-5-17-16(19-15-10-12(15)2)18-11-13-6-8-14(9-7-13)23(21,22)20(3)4;/h6-9,12,15H,5,10-11H2,1-4H3,(H2,17,18,19);1H. The number of benzene rings is 1. The Bertz CT molecular complexity index is 659. The number of nitrogens with zero attached hydrogens (tertiary/aromatic N) is 2. The molecule has 0 radical (unpaired) electrons. The van der Waals surface area contributed by atoms with Gasteiger partial charge in [-0.05, 0) is 37.0 Å². The van der Waals surface area contributed by atoms with Crippen molar-refractivity contribution in [1.29, 1.82) is 0 Å². The van der Waals surface area contributed by atoms with Crippen molar-refractivity contribution in [1.82, 2.24) is 14.9 Å². The van der Waals surface area contributed by atoms with Crippen molar-refractivity contribution in [3.63, 3.8) is 0 Å². The number of aliphatic imine (C=N–C) groups is 1. The van der Waals surface area contributed by atoms with E-state index >= 15 is 0 Å². The zero-order valence-electron chi connectivity index (χ0n) is 14.6. The molecule has 0 spiro atoms. The van der Waals surface area contributed by atoms with Gasteiger partial charge in [-0.2, -0.15) is 0 Å². The summed E-state index contributed by atoms with van der Waals surface area (Å²) >= 11 is 0. The number of hydrogen-bond acceptors (Lipinski definition) is 3. The quantitative estimate of drug-likeness (QED) is 0.382. The Morgan fingerprint density at radius 1 is 1.29 bits per heavy atom. The van der Waals surface area contributed by atoms with Crippen LogP contribution in [-0.2, 0) is 16.6 Å². The fraction of sp³-hybridized carbons (Fsp3) is 0.562. The Hall–Kier alpha value is -0.870. The molecule has 6 nitrogen and oxygen atoms in total. The summed E-state index contributed by atoms with van der Waals surface area (Å²) in [5, 5.41) is 6.63. The molecule has 1 aliphatic carbocycles. The Balaban J connectivity index is 0.00000288. The van der Waals surface area contributed by atoms with Crippen molar-refractivity contribution < 1.29 is 8.42 Å². The Morgan fingerprint density at radius 3 is 2.33 bits per heavy atom. The Morgan fingerprint density at radius 2 is 1.88 bits per heavy atom. The van der Waals surface area contributed by atoms with E-state index in [9.17, 15) is 8.42 Å². The molecular weight excluding hydrogens is 439 g/mol. The van der Waals surface area contributed by atoms with Gasteiger partial charge in [0.05, 0.1) is 11.4 Å². The molecule has 2 rings (SSSR count). The highest BCUT2D eigenvalue weighted by molar-refractivity contribution is 14.0. The van der Waals surface area contributed by atoms with Crippen LogP contribution < -0.4 is 10.6 Å². The topological polar surface area (TPSA) is 73.8 Å². The van der Waals surface area contributed by atoms with E-state index in [2.05, 4.69) is 22.5 Å². The van der Waals surface area contributed by atoms with Gasteiger partial charge in [0.2, 0.25) is 10.0 Å². The highest BCUT2D eigenvalue weighted by Crippen LogP contribution is 2.28.